The predicted octanol–water partition coefficient (Wildman–Crippen LogP) is 6.02. The van der Waals surface area contributed by atoms with Crippen LogP contribution in [0.1, 0.15) is 21.5 Å². The molecule has 0 radical (unpaired) electrons. The van der Waals surface area contributed by atoms with E-state index in [-0.39, 0.29) is 5.91 Å². The minimum absolute atomic E-state index is 0.152. The minimum atomic E-state index is -0.152. The molecule has 37 heavy (non-hydrogen) atoms. The Hall–Kier alpha value is -3.11. The van der Waals surface area contributed by atoms with Gasteiger partial charge < -0.3 is 15.5 Å². The van der Waals surface area contributed by atoms with E-state index >= 15 is 0 Å². The molecule has 1 aliphatic rings. The molecule has 5 rings (SSSR count). The monoisotopic (exact) mass is 576 g/mol. The van der Waals surface area contributed by atoms with Crippen molar-refractivity contribution in [3.63, 3.8) is 0 Å². The Morgan fingerprint density at radius 2 is 1.95 bits per heavy atom. The third-order valence-electron chi connectivity index (χ3n) is 6.48. The lowest BCUT2D eigenvalue weighted by atomic mass is 10.1. The number of hydrogen-bond donors (Lipinski definition) is 2. The van der Waals surface area contributed by atoms with Crippen molar-refractivity contribution < 1.29 is 4.79 Å². The lowest BCUT2D eigenvalue weighted by Crippen LogP contribution is -2.43. The van der Waals surface area contributed by atoms with Crippen LogP contribution < -0.4 is 10.6 Å². The largest absolute Gasteiger partial charge is 0.331 e. The number of aromatic nitrogens is 2. The summed E-state index contributed by atoms with van der Waals surface area (Å²) in [5.74, 6) is -0.152. The standard InChI is InChI=1S/C28H29BrN6OS/c1-19-5-7-22(15-25(19)32-28-33-26(18-37-28)21-4-3-9-30-16-21)31-27(36)23-8-6-20(14-24(23)29)17-35-12-10-34(2)11-13-35/h3-9,14-16,18H,10-13,17H2,1-2H3,(H,31,36)(H,32,33). The fourth-order valence-corrected chi connectivity index (χ4v) is 5.57. The number of aryl methyl sites for hydroxylation is 1. The lowest BCUT2D eigenvalue weighted by Gasteiger charge is -2.32. The fourth-order valence-electron chi connectivity index (χ4n) is 4.23. The van der Waals surface area contributed by atoms with Crippen LogP contribution in [0, 0.1) is 6.92 Å². The van der Waals surface area contributed by atoms with Gasteiger partial charge in [-0.25, -0.2) is 4.98 Å². The van der Waals surface area contributed by atoms with Crippen molar-refractivity contribution >= 4 is 49.7 Å². The molecule has 0 unspecified atom stereocenters. The number of nitrogens with zero attached hydrogens (tertiary/aromatic N) is 4. The van der Waals surface area contributed by atoms with Gasteiger partial charge in [0.15, 0.2) is 5.13 Å². The van der Waals surface area contributed by atoms with Gasteiger partial charge in [-0.05, 0) is 77.4 Å². The number of anilines is 3. The number of hydrogen-bond acceptors (Lipinski definition) is 7. The Labute approximate surface area is 229 Å². The topological polar surface area (TPSA) is 73.4 Å². The van der Waals surface area contributed by atoms with Crippen LogP contribution in [-0.2, 0) is 6.54 Å². The molecule has 1 saturated heterocycles. The van der Waals surface area contributed by atoms with Crippen molar-refractivity contribution in [2.24, 2.45) is 0 Å². The SMILES string of the molecule is Cc1ccc(NC(=O)c2ccc(CN3CCN(C)CC3)cc2Br)cc1Nc1nc(-c2cccnc2)cs1. The molecular formula is C28H29BrN6OS. The van der Waals surface area contributed by atoms with Gasteiger partial charge in [0, 0.05) is 71.9 Å². The van der Waals surface area contributed by atoms with Gasteiger partial charge >= 0.3 is 0 Å². The van der Waals surface area contributed by atoms with Crippen LogP contribution in [0.4, 0.5) is 16.5 Å². The van der Waals surface area contributed by atoms with Crippen LogP contribution in [0.2, 0.25) is 0 Å². The number of benzene rings is 2. The molecule has 0 atom stereocenters. The second-order valence-electron chi connectivity index (χ2n) is 9.28. The maximum atomic E-state index is 13.1. The molecule has 9 heteroatoms. The van der Waals surface area contributed by atoms with Crippen LogP contribution >= 0.6 is 27.3 Å². The molecule has 4 aromatic rings. The molecular weight excluding hydrogens is 548 g/mol. The van der Waals surface area contributed by atoms with E-state index in [0.29, 0.717) is 5.56 Å². The third kappa shape index (κ3) is 6.42. The summed E-state index contributed by atoms with van der Waals surface area (Å²) in [4.78, 5) is 26.7. The first-order valence-electron chi connectivity index (χ1n) is 12.2. The molecule has 2 aromatic carbocycles. The summed E-state index contributed by atoms with van der Waals surface area (Å²) in [7, 11) is 2.16. The minimum Gasteiger partial charge on any atom is -0.331 e. The van der Waals surface area contributed by atoms with Crippen LogP contribution in [-0.4, -0.2) is 58.9 Å². The van der Waals surface area contributed by atoms with E-state index in [9.17, 15) is 4.79 Å². The molecule has 1 amide bonds. The zero-order valence-corrected chi connectivity index (χ0v) is 23.3. The molecule has 0 bridgehead atoms. The Bertz CT molecular complexity index is 1380. The highest BCUT2D eigenvalue weighted by atomic mass is 79.9. The smallest absolute Gasteiger partial charge is 0.256 e. The molecule has 1 aliphatic heterocycles. The Morgan fingerprint density at radius 1 is 1.11 bits per heavy atom. The van der Waals surface area contributed by atoms with Gasteiger partial charge in [-0.15, -0.1) is 11.3 Å². The Balaban J connectivity index is 1.25. The van der Waals surface area contributed by atoms with E-state index < -0.39 is 0 Å². The summed E-state index contributed by atoms with van der Waals surface area (Å²) in [6, 6.07) is 15.7. The number of amides is 1. The summed E-state index contributed by atoms with van der Waals surface area (Å²) in [6.07, 6.45) is 3.55. The third-order valence-corrected chi connectivity index (χ3v) is 7.89. The molecule has 1 fully saturated rings. The Kier molecular flexibility index (Phi) is 7.95. The maximum absolute atomic E-state index is 13.1. The molecule has 0 aliphatic carbocycles. The number of carbonyl (C=O) groups excluding carboxylic acids is 1. The fraction of sp³-hybridized carbons (Fsp3) is 0.250. The second-order valence-corrected chi connectivity index (χ2v) is 11.0. The van der Waals surface area contributed by atoms with Crippen LogP contribution in [0.25, 0.3) is 11.3 Å². The molecule has 0 saturated carbocycles. The number of pyridine rings is 1. The lowest BCUT2D eigenvalue weighted by molar-refractivity contribution is 0.102. The van der Waals surface area contributed by atoms with Crippen molar-refractivity contribution in [3.8, 4) is 11.3 Å². The number of nitrogens with one attached hydrogen (secondary N) is 2. The average Bonchev–Trinajstić information content (AvgIpc) is 3.36. The zero-order chi connectivity index (χ0) is 25.8. The molecule has 3 heterocycles. The number of thiazole rings is 1. The highest BCUT2D eigenvalue weighted by Gasteiger charge is 2.16. The quantitative estimate of drug-likeness (QED) is 0.280. The summed E-state index contributed by atoms with van der Waals surface area (Å²) in [5, 5.41) is 9.22. The first-order valence-corrected chi connectivity index (χ1v) is 13.9. The molecule has 0 spiro atoms. The van der Waals surface area contributed by atoms with Crippen molar-refractivity contribution in [1.82, 2.24) is 19.8 Å². The van der Waals surface area contributed by atoms with Gasteiger partial charge in [0.2, 0.25) is 0 Å². The van der Waals surface area contributed by atoms with E-state index in [1.54, 1.807) is 12.4 Å². The molecule has 2 aromatic heterocycles. The average molecular weight is 578 g/mol. The number of rotatable bonds is 7. The van der Waals surface area contributed by atoms with Gasteiger partial charge in [-0.2, -0.15) is 0 Å². The number of halogens is 1. The van der Waals surface area contributed by atoms with Crippen LogP contribution in [0.15, 0.2) is 70.8 Å². The zero-order valence-electron chi connectivity index (χ0n) is 20.9. The summed E-state index contributed by atoms with van der Waals surface area (Å²) in [6.45, 7) is 7.21. The van der Waals surface area contributed by atoms with Crippen molar-refractivity contribution in [3.05, 3.63) is 87.5 Å². The van der Waals surface area contributed by atoms with E-state index in [2.05, 4.69) is 59.4 Å². The summed E-state index contributed by atoms with van der Waals surface area (Å²) in [5.41, 5.74) is 6.34. The van der Waals surface area contributed by atoms with Gasteiger partial charge in [0.25, 0.3) is 5.91 Å². The number of likely N-dealkylation sites (N-methyl/N-ethyl adjacent to an activating group) is 1. The van der Waals surface area contributed by atoms with Crippen molar-refractivity contribution in [2.75, 3.05) is 43.9 Å². The number of carbonyl (C=O) groups is 1. The van der Waals surface area contributed by atoms with E-state index in [1.165, 1.54) is 16.9 Å². The molecule has 7 nitrogen and oxygen atoms in total. The van der Waals surface area contributed by atoms with Crippen molar-refractivity contribution in [2.45, 2.75) is 13.5 Å². The predicted molar refractivity (Wildman–Crippen MR) is 155 cm³/mol. The van der Waals surface area contributed by atoms with E-state index in [4.69, 9.17) is 0 Å². The maximum Gasteiger partial charge on any atom is 0.256 e. The highest BCUT2D eigenvalue weighted by molar-refractivity contribution is 9.10. The van der Waals surface area contributed by atoms with Gasteiger partial charge in [0.1, 0.15) is 0 Å². The summed E-state index contributed by atoms with van der Waals surface area (Å²) < 4.78 is 0.799. The normalized spacial score (nSPS) is 14.5. The summed E-state index contributed by atoms with van der Waals surface area (Å²) >= 11 is 5.15. The highest BCUT2D eigenvalue weighted by Crippen LogP contribution is 2.30. The van der Waals surface area contributed by atoms with Gasteiger partial charge in [-0.3, -0.25) is 14.7 Å². The Morgan fingerprint density at radius 3 is 2.70 bits per heavy atom. The first kappa shape index (κ1) is 25.5. The number of piperazine rings is 1. The van der Waals surface area contributed by atoms with E-state index in [0.717, 1.165) is 70.5 Å². The second kappa shape index (κ2) is 11.5. The van der Waals surface area contributed by atoms with Crippen molar-refractivity contribution in [1.29, 1.82) is 0 Å². The van der Waals surface area contributed by atoms with Gasteiger partial charge in [-0.1, -0.05) is 12.1 Å². The molecule has 190 valence electrons. The van der Waals surface area contributed by atoms with Crippen LogP contribution in [0.5, 0.6) is 0 Å². The molecule has 2 N–H and O–H groups in total. The first-order chi connectivity index (χ1) is 17.9. The van der Waals surface area contributed by atoms with Gasteiger partial charge in [0.05, 0.1) is 11.3 Å². The van der Waals surface area contributed by atoms with E-state index in [1.807, 2.05) is 54.8 Å². The van der Waals surface area contributed by atoms with Crippen LogP contribution in [0.3, 0.4) is 0 Å².